The maximum Gasteiger partial charge on any atom is 0.347 e. The number of thiazole rings is 1. The van der Waals surface area contributed by atoms with E-state index >= 15 is 0 Å². The zero-order chi connectivity index (χ0) is 11.8. The lowest BCUT2D eigenvalue weighted by Gasteiger charge is -2.16. The van der Waals surface area contributed by atoms with Gasteiger partial charge < -0.3 is 5.11 Å². The summed E-state index contributed by atoms with van der Waals surface area (Å²) in [6.45, 7) is 10.0. The number of hydrogen-bond acceptors (Lipinski definition) is 3. The molecule has 0 aliphatic rings. The summed E-state index contributed by atoms with van der Waals surface area (Å²) in [4.78, 5) is 15.9. The smallest absolute Gasteiger partial charge is 0.347 e. The largest absolute Gasteiger partial charge is 0.477 e. The van der Waals surface area contributed by atoms with Gasteiger partial charge in [-0.2, -0.15) is 0 Å². The van der Waals surface area contributed by atoms with Gasteiger partial charge >= 0.3 is 5.97 Å². The van der Waals surface area contributed by atoms with E-state index in [-0.39, 0.29) is 11.3 Å². The summed E-state index contributed by atoms with van der Waals surface area (Å²) in [5.41, 5.74) is 0.487. The minimum absolute atomic E-state index is 0.211. The first-order valence-corrected chi connectivity index (χ1v) is 5.79. The van der Waals surface area contributed by atoms with Gasteiger partial charge in [0.05, 0.1) is 10.7 Å². The third kappa shape index (κ3) is 2.56. The number of carboxylic acid groups (broad SMARTS) is 1. The molecule has 3 nitrogen and oxygen atoms in total. The molecule has 4 heteroatoms. The van der Waals surface area contributed by atoms with E-state index in [1.807, 2.05) is 34.6 Å². The molecule has 0 aromatic carbocycles. The molecule has 0 spiro atoms. The molecule has 1 heterocycles. The second-order valence-electron chi connectivity index (χ2n) is 4.94. The van der Waals surface area contributed by atoms with Crippen LogP contribution < -0.4 is 0 Å². The van der Waals surface area contributed by atoms with Crippen LogP contribution in [0.25, 0.3) is 0 Å². The van der Waals surface area contributed by atoms with Crippen molar-refractivity contribution >= 4 is 17.3 Å². The number of aromatic nitrogens is 1. The fraction of sp³-hybridized carbons (Fsp3) is 0.636. The maximum absolute atomic E-state index is 11.1. The first-order chi connectivity index (χ1) is 6.73. The van der Waals surface area contributed by atoms with Crippen molar-refractivity contribution in [1.29, 1.82) is 0 Å². The Morgan fingerprint density at radius 3 is 2.20 bits per heavy atom. The van der Waals surface area contributed by atoms with Gasteiger partial charge in [-0.25, -0.2) is 9.78 Å². The SMILES string of the molecule is CC(C)c1nc(C(C)(C)C)c(C(=O)O)s1. The van der Waals surface area contributed by atoms with Gasteiger partial charge in [0.25, 0.3) is 0 Å². The highest BCUT2D eigenvalue weighted by atomic mass is 32.1. The van der Waals surface area contributed by atoms with Gasteiger partial charge in [-0.15, -0.1) is 11.3 Å². The normalized spacial score (nSPS) is 12.1. The molecule has 1 aromatic rings. The number of carboxylic acids is 1. The van der Waals surface area contributed by atoms with E-state index in [2.05, 4.69) is 4.98 Å². The average Bonchev–Trinajstić information content (AvgIpc) is 2.45. The molecule has 84 valence electrons. The zero-order valence-corrected chi connectivity index (χ0v) is 10.6. The Kier molecular flexibility index (Phi) is 3.19. The fourth-order valence-electron chi connectivity index (χ4n) is 1.24. The van der Waals surface area contributed by atoms with Crippen molar-refractivity contribution in [1.82, 2.24) is 4.98 Å². The van der Waals surface area contributed by atoms with Crippen LogP contribution in [0.15, 0.2) is 0 Å². The van der Waals surface area contributed by atoms with Gasteiger partial charge in [-0.05, 0) is 0 Å². The summed E-state index contributed by atoms with van der Waals surface area (Å²) >= 11 is 1.29. The van der Waals surface area contributed by atoms with Crippen molar-refractivity contribution in [2.24, 2.45) is 0 Å². The van der Waals surface area contributed by atoms with Crippen molar-refractivity contribution < 1.29 is 9.90 Å². The quantitative estimate of drug-likeness (QED) is 0.843. The highest BCUT2D eigenvalue weighted by Gasteiger charge is 2.27. The van der Waals surface area contributed by atoms with Crippen LogP contribution in [0, 0.1) is 0 Å². The van der Waals surface area contributed by atoms with E-state index in [9.17, 15) is 4.79 Å². The highest BCUT2D eigenvalue weighted by molar-refractivity contribution is 7.13. The van der Waals surface area contributed by atoms with Crippen molar-refractivity contribution in [2.45, 2.75) is 46.0 Å². The molecule has 1 rings (SSSR count). The van der Waals surface area contributed by atoms with Gasteiger partial charge in [0, 0.05) is 11.3 Å². The summed E-state index contributed by atoms with van der Waals surface area (Å²) in [5, 5.41) is 9.99. The molecule has 0 bridgehead atoms. The molecular weight excluding hydrogens is 210 g/mol. The van der Waals surface area contributed by atoms with Crippen molar-refractivity contribution in [3.05, 3.63) is 15.6 Å². The van der Waals surface area contributed by atoms with E-state index in [4.69, 9.17) is 5.11 Å². The second-order valence-corrected chi connectivity index (χ2v) is 5.97. The molecule has 0 aliphatic carbocycles. The third-order valence-corrected chi connectivity index (χ3v) is 3.39. The Balaban J connectivity index is 3.30. The molecule has 1 aromatic heterocycles. The number of nitrogens with zero attached hydrogens (tertiary/aromatic N) is 1. The second kappa shape index (κ2) is 3.93. The van der Waals surface area contributed by atoms with Crippen LogP contribution in [0.5, 0.6) is 0 Å². The Morgan fingerprint density at radius 2 is 1.93 bits per heavy atom. The molecule has 0 saturated carbocycles. The Morgan fingerprint density at radius 1 is 1.40 bits per heavy atom. The van der Waals surface area contributed by atoms with Crippen LogP contribution in [-0.2, 0) is 5.41 Å². The number of carbonyl (C=O) groups is 1. The van der Waals surface area contributed by atoms with Crippen LogP contribution >= 0.6 is 11.3 Å². The predicted octanol–water partition coefficient (Wildman–Crippen LogP) is 3.26. The molecule has 0 unspecified atom stereocenters. The van der Waals surface area contributed by atoms with E-state index in [0.717, 1.165) is 5.01 Å². The van der Waals surface area contributed by atoms with E-state index in [0.29, 0.717) is 10.6 Å². The number of rotatable bonds is 2. The van der Waals surface area contributed by atoms with E-state index in [1.54, 1.807) is 0 Å². The molecule has 0 saturated heterocycles. The van der Waals surface area contributed by atoms with Crippen molar-refractivity contribution in [3.63, 3.8) is 0 Å². The topological polar surface area (TPSA) is 50.2 Å². The van der Waals surface area contributed by atoms with E-state index in [1.165, 1.54) is 11.3 Å². The monoisotopic (exact) mass is 227 g/mol. The minimum Gasteiger partial charge on any atom is -0.477 e. The highest BCUT2D eigenvalue weighted by Crippen LogP contribution is 2.32. The van der Waals surface area contributed by atoms with Crippen molar-refractivity contribution in [2.75, 3.05) is 0 Å². The summed E-state index contributed by atoms with van der Waals surface area (Å²) in [7, 11) is 0. The molecule has 0 aliphatic heterocycles. The van der Waals surface area contributed by atoms with Gasteiger partial charge in [0.15, 0.2) is 0 Å². The predicted molar refractivity (Wildman–Crippen MR) is 61.9 cm³/mol. The van der Waals surface area contributed by atoms with Gasteiger partial charge in [0.2, 0.25) is 0 Å². The Hall–Kier alpha value is -0.900. The summed E-state index contributed by atoms with van der Waals surface area (Å²) in [5.74, 6) is -0.589. The summed E-state index contributed by atoms with van der Waals surface area (Å²) in [6.07, 6.45) is 0. The number of aromatic carboxylic acids is 1. The summed E-state index contributed by atoms with van der Waals surface area (Å²) in [6, 6.07) is 0. The first-order valence-electron chi connectivity index (χ1n) is 4.98. The number of hydrogen-bond donors (Lipinski definition) is 1. The van der Waals surface area contributed by atoms with Gasteiger partial charge in [-0.3, -0.25) is 0 Å². The average molecular weight is 227 g/mol. The molecule has 0 radical (unpaired) electrons. The summed E-state index contributed by atoms with van der Waals surface area (Å²) < 4.78 is 0. The zero-order valence-electron chi connectivity index (χ0n) is 9.79. The van der Waals surface area contributed by atoms with Gasteiger partial charge in [-0.1, -0.05) is 34.6 Å². The molecular formula is C11H17NO2S. The molecule has 15 heavy (non-hydrogen) atoms. The van der Waals surface area contributed by atoms with Crippen LogP contribution in [0.1, 0.15) is 60.9 Å². The van der Waals surface area contributed by atoms with Crippen molar-refractivity contribution in [3.8, 4) is 0 Å². The lowest BCUT2D eigenvalue weighted by atomic mass is 9.91. The minimum atomic E-state index is -0.871. The van der Waals surface area contributed by atoms with Gasteiger partial charge in [0.1, 0.15) is 4.88 Å². The van der Waals surface area contributed by atoms with E-state index < -0.39 is 5.97 Å². The first kappa shape index (κ1) is 12.2. The molecule has 0 amide bonds. The lowest BCUT2D eigenvalue weighted by Crippen LogP contribution is -2.16. The molecule has 0 fully saturated rings. The molecule has 0 atom stereocenters. The Labute approximate surface area is 94.2 Å². The fourth-order valence-corrected chi connectivity index (χ4v) is 2.35. The Bertz CT molecular complexity index is 374. The molecule has 1 N–H and O–H groups in total. The van der Waals surface area contributed by atoms with Crippen LogP contribution in [-0.4, -0.2) is 16.1 Å². The lowest BCUT2D eigenvalue weighted by molar-refractivity contribution is 0.0699. The maximum atomic E-state index is 11.1. The van der Waals surface area contributed by atoms with Crippen LogP contribution in [0.4, 0.5) is 0 Å². The van der Waals surface area contributed by atoms with Crippen LogP contribution in [0.3, 0.4) is 0 Å². The third-order valence-electron chi connectivity index (χ3n) is 2.04. The van der Waals surface area contributed by atoms with Crippen LogP contribution in [0.2, 0.25) is 0 Å². The standard InChI is InChI=1S/C11H17NO2S/c1-6(2)9-12-8(11(3,4)5)7(15-9)10(13)14/h6H,1-5H3,(H,13,14).